The lowest BCUT2D eigenvalue weighted by atomic mass is 9.96. The van der Waals surface area contributed by atoms with Gasteiger partial charge in [0, 0.05) is 12.1 Å². The van der Waals surface area contributed by atoms with E-state index in [9.17, 15) is 14.0 Å². The average Bonchev–Trinajstić information content (AvgIpc) is 2.58. The third kappa shape index (κ3) is 3.36. The molecule has 0 heterocycles. The van der Waals surface area contributed by atoms with Crippen molar-refractivity contribution in [2.45, 2.75) is 38.1 Å². The maximum Gasteiger partial charge on any atom is 0.150 e. The van der Waals surface area contributed by atoms with Crippen molar-refractivity contribution in [1.29, 1.82) is 5.26 Å². The van der Waals surface area contributed by atoms with Crippen molar-refractivity contribution in [3.8, 4) is 6.07 Å². The van der Waals surface area contributed by atoms with Crippen LogP contribution in [0.4, 0.5) is 14.5 Å². The molecule has 1 aromatic rings. The van der Waals surface area contributed by atoms with Gasteiger partial charge in [0.15, 0.2) is 5.82 Å². The van der Waals surface area contributed by atoms with Gasteiger partial charge in [-0.05, 0) is 18.9 Å². The molecule has 19 heavy (non-hydrogen) atoms. The molecule has 1 fully saturated rings. The van der Waals surface area contributed by atoms with E-state index in [0.29, 0.717) is 0 Å². The quantitative estimate of drug-likeness (QED) is 0.812. The van der Waals surface area contributed by atoms with E-state index in [0.717, 1.165) is 44.2 Å². The highest BCUT2D eigenvalue weighted by Crippen LogP contribution is 2.31. The largest absolute Gasteiger partial charge is 0.377 e. The molecule has 1 saturated carbocycles. The molecule has 2 unspecified atom stereocenters. The SMILES string of the molecule is N#CC1CCCCCC1Nc1c(F)cc(F)cc1Cl. The molecule has 0 bridgehead atoms. The average molecular weight is 285 g/mol. The highest BCUT2D eigenvalue weighted by molar-refractivity contribution is 6.33. The zero-order chi connectivity index (χ0) is 13.8. The maximum absolute atomic E-state index is 13.7. The summed E-state index contributed by atoms with van der Waals surface area (Å²) >= 11 is 5.86. The van der Waals surface area contributed by atoms with Gasteiger partial charge in [-0.25, -0.2) is 8.78 Å². The standard InChI is InChI=1S/C14H15ClF2N2/c15-11-6-10(16)7-12(17)14(11)19-13-5-3-1-2-4-9(13)8-18/h6-7,9,13,19H,1-5H2. The Kier molecular flexibility index (Phi) is 4.60. The van der Waals surface area contributed by atoms with Gasteiger partial charge in [0.25, 0.3) is 0 Å². The molecular weight excluding hydrogens is 270 g/mol. The predicted octanol–water partition coefficient (Wildman–Crippen LogP) is 4.50. The minimum absolute atomic E-state index is 0.0124. The second kappa shape index (κ2) is 6.21. The third-order valence-corrected chi connectivity index (χ3v) is 3.82. The number of nitrogens with one attached hydrogen (secondary N) is 1. The maximum atomic E-state index is 13.7. The van der Waals surface area contributed by atoms with Crippen LogP contribution in [0.2, 0.25) is 5.02 Å². The molecule has 0 radical (unpaired) electrons. The summed E-state index contributed by atoms with van der Waals surface area (Å²) in [5.74, 6) is -1.58. The van der Waals surface area contributed by atoms with Gasteiger partial charge in [-0.1, -0.05) is 30.9 Å². The lowest BCUT2D eigenvalue weighted by molar-refractivity contribution is 0.508. The summed E-state index contributed by atoms with van der Waals surface area (Å²) in [6, 6.07) is 4.00. The molecule has 0 aliphatic heterocycles. The molecule has 0 spiro atoms. The zero-order valence-corrected chi connectivity index (χ0v) is 11.2. The van der Waals surface area contributed by atoms with Crippen molar-refractivity contribution in [3.63, 3.8) is 0 Å². The number of nitrogens with zero attached hydrogens (tertiary/aromatic N) is 1. The Morgan fingerprint density at radius 3 is 2.63 bits per heavy atom. The molecule has 1 aliphatic carbocycles. The summed E-state index contributed by atoms with van der Waals surface area (Å²) in [4.78, 5) is 0. The first-order chi connectivity index (χ1) is 9.11. The molecule has 1 aromatic carbocycles. The van der Waals surface area contributed by atoms with E-state index < -0.39 is 11.6 Å². The Bertz CT molecular complexity index is 476. The summed E-state index contributed by atoms with van der Waals surface area (Å²) < 4.78 is 26.7. The van der Waals surface area contributed by atoms with Crippen LogP contribution in [0.1, 0.15) is 32.1 Å². The van der Waals surface area contributed by atoms with Crippen LogP contribution >= 0.6 is 11.6 Å². The van der Waals surface area contributed by atoms with Gasteiger partial charge in [-0.15, -0.1) is 0 Å². The molecule has 0 saturated heterocycles. The minimum Gasteiger partial charge on any atom is -0.377 e. The van der Waals surface area contributed by atoms with E-state index >= 15 is 0 Å². The fraction of sp³-hybridized carbons (Fsp3) is 0.500. The van der Waals surface area contributed by atoms with Crippen molar-refractivity contribution in [3.05, 3.63) is 28.8 Å². The fourth-order valence-electron chi connectivity index (χ4n) is 2.50. The molecule has 2 nitrogen and oxygen atoms in total. The Hall–Kier alpha value is -1.34. The summed E-state index contributed by atoms with van der Waals surface area (Å²) in [6.07, 6.45) is 4.68. The van der Waals surface area contributed by atoms with E-state index in [1.54, 1.807) is 0 Å². The van der Waals surface area contributed by atoms with Gasteiger partial charge >= 0.3 is 0 Å². The van der Waals surface area contributed by atoms with E-state index in [1.807, 2.05) is 0 Å². The molecule has 0 aromatic heterocycles. The Morgan fingerprint density at radius 2 is 1.95 bits per heavy atom. The van der Waals surface area contributed by atoms with Gasteiger partial charge in [0.1, 0.15) is 5.82 Å². The Balaban J connectivity index is 2.22. The molecule has 5 heteroatoms. The fourth-order valence-corrected chi connectivity index (χ4v) is 2.75. The van der Waals surface area contributed by atoms with E-state index in [1.165, 1.54) is 0 Å². The van der Waals surface area contributed by atoms with Crippen molar-refractivity contribution < 1.29 is 8.78 Å². The summed E-state index contributed by atoms with van der Waals surface area (Å²) in [6.45, 7) is 0. The van der Waals surface area contributed by atoms with Gasteiger partial charge in [-0.3, -0.25) is 0 Å². The number of rotatable bonds is 2. The number of benzene rings is 1. The van der Waals surface area contributed by atoms with Crippen LogP contribution in [0.15, 0.2) is 12.1 Å². The van der Waals surface area contributed by atoms with Gasteiger partial charge in [0.2, 0.25) is 0 Å². The first-order valence-corrected chi connectivity index (χ1v) is 6.80. The lowest BCUT2D eigenvalue weighted by Gasteiger charge is -2.23. The van der Waals surface area contributed by atoms with Crippen molar-refractivity contribution >= 4 is 17.3 Å². The molecule has 1 N–H and O–H groups in total. The van der Waals surface area contributed by atoms with Crippen LogP contribution in [-0.2, 0) is 0 Å². The highest BCUT2D eigenvalue weighted by atomic mass is 35.5. The first kappa shape index (κ1) is 14.1. The second-order valence-electron chi connectivity index (χ2n) is 4.87. The molecule has 102 valence electrons. The summed E-state index contributed by atoms with van der Waals surface area (Å²) in [5, 5.41) is 12.2. The highest BCUT2D eigenvalue weighted by Gasteiger charge is 2.25. The van der Waals surface area contributed by atoms with E-state index in [-0.39, 0.29) is 22.7 Å². The van der Waals surface area contributed by atoms with Crippen LogP contribution in [0, 0.1) is 28.9 Å². The lowest BCUT2D eigenvalue weighted by Crippen LogP contribution is -2.27. The summed E-state index contributed by atoms with van der Waals surface area (Å²) in [5.41, 5.74) is 0.0928. The zero-order valence-electron chi connectivity index (χ0n) is 10.4. The number of hydrogen-bond donors (Lipinski definition) is 1. The molecule has 0 amide bonds. The van der Waals surface area contributed by atoms with Crippen molar-refractivity contribution in [2.75, 3.05) is 5.32 Å². The van der Waals surface area contributed by atoms with E-state index in [2.05, 4.69) is 11.4 Å². The minimum atomic E-state index is -0.717. The van der Waals surface area contributed by atoms with Crippen LogP contribution in [0.3, 0.4) is 0 Å². The van der Waals surface area contributed by atoms with Crippen LogP contribution in [0.25, 0.3) is 0 Å². The normalized spacial score (nSPS) is 23.5. The summed E-state index contributed by atoms with van der Waals surface area (Å²) in [7, 11) is 0. The number of nitriles is 1. The number of hydrogen-bond acceptors (Lipinski definition) is 2. The second-order valence-corrected chi connectivity index (χ2v) is 5.28. The molecule has 2 atom stereocenters. The van der Waals surface area contributed by atoms with Gasteiger partial charge < -0.3 is 5.32 Å². The van der Waals surface area contributed by atoms with Crippen LogP contribution in [0.5, 0.6) is 0 Å². The van der Waals surface area contributed by atoms with Gasteiger partial charge in [-0.2, -0.15) is 5.26 Å². The topological polar surface area (TPSA) is 35.8 Å². The number of halogens is 3. The van der Waals surface area contributed by atoms with Crippen LogP contribution in [-0.4, -0.2) is 6.04 Å². The van der Waals surface area contributed by atoms with Crippen molar-refractivity contribution in [2.24, 2.45) is 5.92 Å². The smallest absolute Gasteiger partial charge is 0.150 e. The molecule has 2 rings (SSSR count). The van der Waals surface area contributed by atoms with Crippen molar-refractivity contribution in [1.82, 2.24) is 0 Å². The van der Waals surface area contributed by atoms with E-state index in [4.69, 9.17) is 11.6 Å². The molecule has 1 aliphatic rings. The Morgan fingerprint density at radius 1 is 1.21 bits per heavy atom. The predicted molar refractivity (Wildman–Crippen MR) is 71.0 cm³/mol. The number of anilines is 1. The first-order valence-electron chi connectivity index (χ1n) is 6.42. The van der Waals surface area contributed by atoms with Gasteiger partial charge in [0.05, 0.1) is 22.7 Å². The monoisotopic (exact) mass is 284 g/mol. The molecular formula is C14H15ClF2N2. The third-order valence-electron chi connectivity index (χ3n) is 3.52. The Labute approximate surface area is 116 Å². The van der Waals surface area contributed by atoms with Crippen LogP contribution < -0.4 is 5.32 Å².